The number of rotatable bonds is 5. The number of methoxy groups -OCH3 is 1. The van der Waals surface area contributed by atoms with Crippen molar-refractivity contribution in [1.82, 2.24) is 9.78 Å². The van der Waals surface area contributed by atoms with E-state index in [1.54, 1.807) is 7.11 Å². The average molecular weight is 401 g/mol. The lowest BCUT2D eigenvalue weighted by molar-refractivity contribution is 0.417. The summed E-state index contributed by atoms with van der Waals surface area (Å²) in [5.41, 5.74) is 4.66. The topological polar surface area (TPSA) is 51.1 Å². The molecule has 1 heterocycles. The first kappa shape index (κ1) is 19.2. The molecule has 3 rings (SSSR count). The lowest BCUT2D eigenvalue weighted by Crippen LogP contribution is -2.20. The first-order chi connectivity index (χ1) is 13.0. The van der Waals surface area contributed by atoms with Crippen LogP contribution in [0.3, 0.4) is 0 Å². The Kier molecular flexibility index (Phi) is 5.98. The van der Waals surface area contributed by atoms with E-state index < -0.39 is 0 Å². The summed E-state index contributed by atoms with van der Waals surface area (Å²) < 4.78 is 7.29. The van der Waals surface area contributed by atoms with Gasteiger partial charge < -0.3 is 15.4 Å². The van der Waals surface area contributed by atoms with Gasteiger partial charge in [-0.05, 0) is 55.9 Å². The van der Waals surface area contributed by atoms with E-state index in [-0.39, 0.29) is 0 Å². The van der Waals surface area contributed by atoms with Gasteiger partial charge in [-0.1, -0.05) is 35.9 Å². The van der Waals surface area contributed by atoms with E-state index in [0.717, 1.165) is 39.1 Å². The lowest BCUT2D eigenvalue weighted by Gasteiger charge is -2.13. The van der Waals surface area contributed by atoms with Gasteiger partial charge in [-0.3, -0.25) is 4.68 Å². The summed E-state index contributed by atoms with van der Waals surface area (Å²) >= 11 is 11.5. The Labute approximate surface area is 169 Å². The zero-order chi connectivity index (χ0) is 19.4. The minimum Gasteiger partial charge on any atom is -0.495 e. The van der Waals surface area contributed by atoms with Gasteiger partial charge in [-0.25, -0.2) is 0 Å². The monoisotopic (exact) mass is 400 g/mol. The molecule has 2 aromatic carbocycles. The van der Waals surface area contributed by atoms with Crippen LogP contribution < -0.4 is 15.4 Å². The van der Waals surface area contributed by atoms with Crippen molar-refractivity contribution in [3.8, 4) is 5.75 Å². The predicted octanol–water partition coefficient (Wildman–Crippen LogP) is 5.02. The summed E-state index contributed by atoms with van der Waals surface area (Å²) in [5.74, 6) is 0.728. The number of thiocarbonyl (C=S) groups is 1. The molecular formula is C20H21ClN4OS. The molecule has 2 N–H and O–H groups in total. The fraction of sp³-hybridized carbons (Fsp3) is 0.200. The van der Waals surface area contributed by atoms with Crippen molar-refractivity contribution >= 4 is 40.3 Å². The molecule has 3 aromatic rings. The van der Waals surface area contributed by atoms with Gasteiger partial charge >= 0.3 is 0 Å². The maximum absolute atomic E-state index is 6.08. The Hall–Kier alpha value is -2.57. The number of anilines is 2. The van der Waals surface area contributed by atoms with Crippen molar-refractivity contribution in [3.63, 3.8) is 0 Å². The molecule has 140 valence electrons. The number of hydrogen-bond donors (Lipinski definition) is 2. The molecule has 5 nitrogen and oxygen atoms in total. The van der Waals surface area contributed by atoms with Crippen molar-refractivity contribution in [2.24, 2.45) is 0 Å². The molecule has 1 aromatic heterocycles. The molecule has 0 aliphatic heterocycles. The summed E-state index contributed by atoms with van der Waals surface area (Å²) in [7, 11) is 1.63. The minimum absolute atomic E-state index is 0.480. The largest absolute Gasteiger partial charge is 0.495 e. The van der Waals surface area contributed by atoms with Crippen molar-refractivity contribution in [3.05, 3.63) is 70.5 Å². The number of ether oxygens (including phenoxy) is 1. The van der Waals surface area contributed by atoms with E-state index in [2.05, 4.69) is 15.7 Å². The molecule has 0 saturated heterocycles. The molecule has 0 radical (unpaired) electrons. The second kappa shape index (κ2) is 8.41. The Morgan fingerprint density at radius 3 is 2.67 bits per heavy atom. The number of nitrogens with one attached hydrogen (secondary N) is 2. The highest BCUT2D eigenvalue weighted by atomic mass is 35.5. The third kappa shape index (κ3) is 4.59. The van der Waals surface area contributed by atoms with Crippen LogP contribution >= 0.6 is 23.8 Å². The van der Waals surface area contributed by atoms with E-state index in [0.29, 0.717) is 11.7 Å². The number of nitrogens with zero attached hydrogens (tertiary/aromatic N) is 2. The van der Waals surface area contributed by atoms with Gasteiger partial charge in [-0.2, -0.15) is 5.10 Å². The Bertz CT molecular complexity index is 970. The lowest BCUT2D eigenvalue weighted by atomic mass is 10.2. The van der Waals surface area contributed by atoms with Crippen molar-refractivity contribution < 1.29 is 4.74 Å². The Balaban J connectivity index is 1.75. The quantitative estimate of drug-likeness (QED) is 0.589. The maximum atomic E-state index is 6.08. The van der Waals surface area contributed by atoms with Crippen LogP contribution in [0.15, 0.2) is 48.5 Å². The predicted molar refractivity (Wildman–Crippen MR) is 115 cm³/mol. The van der Waals surface area contributed by atoms with E-state index in [1.807, 2.05) is 67.1 Å². The standard InChI is InChI=1S/C20H21ClN4OS/c1-13-19(23-20(27)22-17-9-4-5-10-18(17)26-3)14(2)25(24-13)12-15-7-6-8-16(21)11-15/h4-11H,12H2,1-3H3,(H2,22,23,27). The Morgan fingerprint density at radius 1 is 1.15 bits per heavy atom. The minimum atomic E-state index is 0.480. The first-order valence-electron chi connectivity index (χ1n) is 8.47. The van der Waals surface area contributed by atoms with Crippen molar-refractivity contribution in [2.45, 2.75) is 20.4 Å². The highest BCUT2D eigenvalue weighted by molar-refractivity contribution is 7.80. The number of benzene rings is 2. The molecule has 0 unspecified atom stereocenters. The molecule has 0 amide bonds. The molecule has 0 aliphatic carbocycles. The van der Waals surface area contributed by atoms with Crippen LogP contribution in [-0.2, 0) is 6.54 Å². The van der Waals surface area contributed by atoms with Crippen molar-refractivity contribution in [1.29, 1.82) is 0 Å². The van der Waals surface area contributed by atoms with Crippen LogP contribution in [0.5, 0.6) is 5.75 Å². The second-order valence-corrected chi connectivity index (χ2v) is 6.96. The zero-order valence-corrected chi connectivity index (χ0v) is 17.0. The summed E-state index contributed by atoms with van der Waals surface area (Å²) in [4.78, 5) is 0. The van der Waals surface area contributed by atoms with Crippen LogP contribution in [-0.4, -0.2) is 22.0 Å². The molecule has 27 heavy (non-hydrogen) atoms. The van der Waals surface area contributed by atoms with Gasteiger partial charge in [0.1, 0.15) is 5.75 Å². The molecule has 0 aliphatic rings. The van der Waals surface area contributed by atoms with Crippen LogP contribution in [0.4, 0.5) is 11.4 Å². The summed E-state index contributed by atoms with van der Waals surface area (Å²) in [6.45, 7) is 4.61. The average Bonchev–Trinajstić information content (AvgIpc) is 2.89. The van der Waals surface area contributed by atoms with Crippen LogP contribution in [0.25, 0.3) is 0 Å². The molecular weight excluding hydrogens is 380 g/mol. The van der Waals surface area contributed by atoms with Crippen LogP contribution in [0.1, 0.15) is 17.0 Å². The third-order valence-electron chi connectivity index (χ3n) is 4.20. The van der Waals surface area contributed by atoms with Crippen molar-refractivity contribution in [2.75, 3.05) is 17.7 Å². The van der Waals surface area contributed by atoms with Gasteiger partial charge in [0.25, 0.3) is 0 Å². The smallest absolute Gasteiger partial charge is 0.175 e. The molecule has 0 saturated carbocycles. The third-order valence-corrected chi connectivity index (χ3v) is 4.64. The summed E-state index contributed by atoms with van der Waals surface area (Å²) in [6.07, 6.45) is 0. The van der Waals surface area contributed by atoms with Gasteiger partial charge in [0.15, 0.2) is 5.11 Å². The van der Waals surface area contributed by atoms with Gasteiger partial charge in [0.2, 0.25) is 0 Å². The van der Waals surface area contributed by atoms with Gasteiger partial charge in [0, 0.05) is 5.02 Å². The maximum Gasteiger partial charge on any atom is 0.175 e. The Morgan fingerprint density at radius 2 is 1.93 bits per heavy atom. The van der Waals surface area contributed by atoms with Gasteiger partial charge in [-0.15, -0.1) is 0 Å². The van der Waals surface area contributed by atoms with Crippen LogP contribution in [0.2, 0.25) is 5.02 Å². The van der Waals surface area contributed by atoms with Crippen LogP contribution in [0, 0.1) is 13.8 Å². The SMILES string of the molecule is COc1ccccc1NC(=S)Nc1c(C)nn(Cc2cccc(Cl)c2)c1C. The van der Waals surface area contributed by atoms with Gasteiger partial charge in [0.05, 0.1) is 36.4 Å². The first-order valence-corrected chi connectivity index (χ1v) is 9.26. The second-order valence-electron chi connectivity index (χ2n) is 6.11. The summed E-state index contributed by atoms with van der Waals surface area (Å²) in [5, 5.41) is 12.2. The molecule has 7 heteroatoms. The fourth-order valence-electron chi connectivity index (χ4n) is 2.86. The van der Waals surface area contributed by atoms with E-state index >= 15 is 0 Å². The number of para-hydroxylation sites is 2. The van der Waals surface area contributed by atoms with E-state index in [4.69, 9.17) is 28.6 Å². The molecule has 0 bridgehead atoms. The highest BCUT2D eigenvalue weighted by Crippen LogP contribution is 2.25. The number of hydrogen-bond acceptors (Lipinski definition) is 3. The number of halogens is 1. The molecule has 0 fully saturated rings. The highest BCUT2D eigenvalue weighted by Gasteiger charge is 2.14. The summed E-state index contributed by atoms with van der Waals surface area (Å²) in [6, 6.07) is 15.4. The molecule has 0 spiro atoms. The number of aryl methyl sites for hydroxylation is 1. The fourth-order valence-corrected chi connectivity index (χ4v) is 3.28. The number of aromatic nitrogens is 2. The van der Waals surface area contributed by atoms with E-state index in [9.17, 15) is 0 Å². The normalized spacial score (nSPS) is 10.5. The molecule has 0 atom stereocenters. The van der Waals surface area contributed by atoms with E-state index in [1.165, 1.54) is 0 Å². The zero-order valence-electron chi connectivity index (χ0n) is 15.4.